The standard InChI is InChI=1S/C10H6N4/c11-7-10-13-6-4-9(14-10)8-3-1-2-5-12-8/h1-6H. The van der Waals surface area contributed by atoms with Crippen molar-refractivity contribution in [1.29, 1.82) is 5.26 Å². The van der Waals surface area contributed by atoms with Crippen molar-refractivity contribution in [2.45, 2.75) is 0 Å². The molecule has 0 unspecified atom stereocenters. The molecule has 2 heterocycles. The Labute approximate surface area is 80.9 Å². The summed E-state index contributed by atoms with van der Waals surface area (Å²) in [5.74, 6) is 0.160. The summed E-state index contributed by atoms with van der Waals surface area (Å²) in [6, 6.07) is 9.15. The molecule has 0 aromatic carbocycles. The van der Waals surface area contributed by atoms with Gasteiger partial charge in [-0.05, 0) is 18.2 Å². The molecule has 2 aromatic rings. The summed E-state index contributed by atoms with van der Waals surface area (Å²) in [6.07, 6.45) is 3.24. The Morgan fingerprint density at radius 3 is 2.64 bits per heavy atom. The molecule has 2 rings (SSSR count). The number of nitrogens with zero attached hydrogens (tertiary/aromatic N) is 4. The molecule has 0 atom stereocenters. The Balaban J connectivity index is 2.49. The second-order valence-corrected chi connectivity index (χ2v) is 2.59. The summed E-state index contributed by atoms with van der Waals surface area (Å²) in [5.41, 5.74) is 1.41. The fraction of sp³-hybridized carbons (Fsp3) is 0. The van der Waals surface area contributed by atoms with Crippen LogP contribution in [0.1, 0.15) is 5.82 Å². The van der Waals surface area contributed by atoms with Gasteiger partial charge in [-0.1, -0.05) is 6.07 Å². The van der Waals surface area contributed by atoms with Crippen LogP contribution >= 0.6 is 0 Å². The lowest BCUT2D eigenvalue weighted by molar-refractivity contribution is 1.10. The van der Waals surface area contributed by atoms with Crippen LogP contribution in [0, 0.1) is 11.3 Å². The molecule has 2 aromatic heterocycles. The number of hydrogen-bond acceptors (Lipinski definition) is 4. The normalized spacial score (nSPS) is 9.36. The van der Waals surface area contributed by atoms with Gasteiger partial charge in [-0.25, -0.2) is 9.97 Å². The fourth-order valence-electron chi connectivity index (χ4n) is 1.07. The highest BCUT2D eigenvalue weighted by Gasteiger charge is 2.00. The first-order valence-corrected chi connectivity index (χ1v) is 4.05. The minimum Gasteiger partial charge on any atom is -0.255 e. The predicted molar refractivity (Wildman–Crippen MR) is 50.0 cm³/mol. The number of pyridine rings is 1. The number of aromatic nitrogens is 3. The highest BCUT2D eigenvalue weighted by molar-refractivity contribution is 5.53. The average Bonchev–Trinajstić information content (AvgIpc) is 2.30. The number of nitriles is 1. The van der Waals surface area contributed by atoms with E-state index in [9.17, 15) is 0 Å². The quantitative estimate of drug-likeness (QED) is 0.668. The average molecular weight is 182 g/mol. The van der Waals surface area contributed by atoms with Crippen molar-refractivity contribution in [3.05, 3.63) is 42.5 Å². The van der Waals surface area contributed by atoms with E-state index in [4.69, 9.17) is 5.26 Å². The summed E-state index contributed by atoms with van der Waals surface area (Å²) in [6.45, 7) is 0. The lowest BCUT2D eigenvalue weighted by Crippen LogP contribution is -1.92. The zero-order chi connectivity index (χ0) is 9.80. The second-order valence-electron chi connectivity index (χ2n) is 2.59. The van der Waals surface area contributed by atoms with Crippen molar-refractivity contribution in [1.82, 2.24) is 15.0 Å². The van der Waals surface area contributed by atoms with Gasteiger partial charge in [-0.15, -0.1) is 0 Å². The van der Waals surface area contributed by atoms with Gasteiger partial charge >= 0.3 is 0 Å². The van der Waals surface area contributed by atoms with E-state index in [0.717, 1.165) is 5.69 Å². The highest BCUT2D eigenvalue weighted by Crippen LogP contribution is 2.11. The van der Waals surface area contributed by atoms with E-state index in [0.29, 0.717) is 5.69 Å². The lowest BCUT2D eigenvalue weighted by atomic mass is 10.2. The molecule has 66 valence electrons. The largest absolute Gasteiger partial charge is 0.255 e. The van der Waals surface area contributed by atoms with E-state index < -0.39 is 0 Å². The van der Waals surface area contributed by atoms with Crippen LogP contribution < -0.4 is 0 Å². The van der Waals surface area contributed by atoms with Gasteiger partial charge in [0.15, 0.2) is 0 Å². The molecule has 0 bridgehead atoms. The minimum absolute atomic E-state index is 0.160. The fourth-order valence-corrected chi connectivity index (χ4v) is 1.07. The molecule has 0 saturated heterocycles. The van der Waals surface area contributed by atoms with E-state index >= 15 is 0 Å². The van der Waals surface area contributed by atoms with Crippen LogP contribution in [0.4, 0.5) is 0 Å². The first-order valence-electron chi connectivity index (χ1n) is 4.05. The van der Waals surface area contributed by atoms with Gasteiger partial charge in [0, 0.05) is 12.4 Å². The highest BCUT2D eigenvalue weighted by atomic mass is 14.9. The predicted octanol–water partition coefficient (Wildman–Crippen LogP) is 1.41. The third-order valence-electron chi connectivity index (χ3n) is 1.68. The van der Waals surface area contributed by atoms with Gasteiger partial charge in [-0.2, -0.15) is 5.26 Å². The van der Waals surface area contributed by atoms with Crippen molar-refractivity contribution >= 4 is 0 Å². The number of rotatable bonds is 1. The molecule has 0 fully saturated rings. The van der Waals surface area contributed by atoms with Crippen LogP contribution in [0.5, 0.6) is 0 Å². The summed E-state index contributed by atoms with van der Waals surface area (Å²) in [4.78, 5) is 11.9. The Morgan fingerprint density at radius 2 is 1.93 bits per heavy atom. The molecule has 4 heteroatoms. The molecule has 0 aliphatic heterocycles. The molecule has 0 radical (unpaired) electrons. The van der Waals surface area contributed by atoms with Crippen LogP contribution in [0.2, 0.25) is 0 Å². The maximum atomic E-state index is 8.61. The third-order valence-corrected chi connectivity index (χ3v) is 1.68. The van der Waals surface area contributed by atoms with Crippen LogP contribution in [0.25, 0.3) is 11.4 Å². The molecular weight excluding hydrogens is 176 g/mol. The van der Waals surface area contributed by atoms with E-state index in [1.165, 1.54) is 0 Å². The van der Waals surface area contributed by atoms with Crippen LogP contribution in [0.3, 0.4) is 0 Å². The van der Waals surface area contributed by atoms with E-state index in [-0.39, 0.29) is 5.82 Å². The van der Waals surface area contributed by atoms with Gasteiger partial charge in [-0.3, -0.25) is 4.98 Å². The van der Waals surface area contributed by atoms with Gasteiger partial charge in [0.2, 0.25) is 5.82 Å². The van der Waals surface area contributed by atoms with Crippen molar-refractivity contribution in [2.75, 3.05) is 0 Å². The van der Waals surface area contributed by atoms with Crippen molar-refractivity contribution in [3.8, 4) is 17.5 Å². The molecule has 0 N–H and O–H groups in total. The first-order chi connectivity index (χ1) is 6.90. The topological polar surface area (TPSA) is 62.5 Å². The van der Waals surface area contributed by atoms with Gasteiger partial charge < -0.3 is 0 Å². The van der Waals surface area contributed by atoms with Gasteiger partial charge in [0.05, 0.1) is 11.4 Å². The molecule has 0 saturated carbocycles. The van der Waals surface area contributed by atoms with Gasteiger partial charge in [0.1, 0.15) is 6.07 Å². The van der Waals surface area contributed by atoms with Gasteiger partial charge in [0.25, 0.3) is 0 Å². The summed E-state index contributed by atoms with van der Waals surface area (Å²) >= 11 is 0. The Hall–Kier alpha value is -2.28. The molecule has 4 nitrogen and oxygen atoms in total. The zero-order valence-electron chi connectivity index (χ0n) is 7.25. The molecule has 0 spiro atoms. The van der Waals surface area contributed by atoms with Crippen molar-refractivity contribution < 1.29 is 0 Å². The molecule has 0 aliphatic rings. The van der Waals surface area contributed by atoms with E-state index in [1.807, 2.05) is 24.3 Å². The Bertz CT molecular complexity index is 473. The van der Waals surface area contributed by atoms with Crippen LogP contribution in [0.15, 0.2) is 36.7 Å². The molecule has 14 heavy (non-hydrogen) atoms. The molecular formula is C10H6N4. The second kappa shape index (κ2) is 3.62. The van der Waals surface area contributed by atoms with Crippen LogP contribution in [-0.2, 0) is 0 Å². The van der Waals surface area contributed by atoms with Crippen LogP contribution in [-0.4, -0.2) is 15.0 Å². The number of hydrogen-bond donors (Lipinski definition) is 0. The van der Waals surface area contributed by atoms with Crippen molar-refractivity contribution in [2.24, 2.45) is 0 Å². The Kier molecular flexibility index (Phi) is 2.15. The SMILES string of the molecule is N#Cc1nccc(-c2ccccn2)n1. The van der Waals surface area contributed by atoms with E-state index in [2.05, 4.69) is 15.0 Å². The molecule has 0 aliphatic carbocycles. The minimum atomic E-state index is 0.160. The maximum Gasteiger partial charge on any atom is 0.232 e. The summed E-state index contributed by atoms with van der Waals surface area (Å²) in [5, 5.41) is 8.61. The monoisotopic (exact) mass is 182 g/mol. The third kappa shape index (κ3) is 1.57. The summed E-state index contributed by atoms with van der Waals surface area (Å²) in [7, 11) is 0. The van der Waals surface area contributed by atoms with E-state index in [1.54, 1.807) is 18.5 Å². The Morgan fingerprint density at radius 1 is 1.00 bits per heavy atom. The lowest BCUT2D eigenvalue weighted by Gasteiger charge is -1.97. The van der Waals surface area contributed by atoms with Crippen molar-refractivity contribution in [3.63, 3.8) is 0 Å². The first kappa shape index (κ1) is 8.32. The molecule has 0 amide bonds. The smallest absolute Gasteiger partial charge is 0.232 e. The maximum absolute atomic E-state index is 8.61. The summed E-state index contributed by atoms with van der Waals surface area (Å²) < 4.78 is 0. The zero-order valence-corrected chi connectivity index (χ0v) is 7.25.